The number of benzene rings is 1. The van der Waals surface area contributed by atoms with Gasteiger partial charge in [0, 0.05) is 26.0 Å². The first-order valence-corrected chi connectivity index (χ1v) is 6.83. The van der Waals surface area contributed by atoms with Crippen LogP contribution in [0.1, 0.15) is 5.56 Å². The van der Waals surface area contributed by atoms with Crippen molar-refractivity contribution in [1.82, 2.24) is 9.97 Å². The molecule has 4 nitrogen and oxygen atoms in total. The molecular weight excluding hydrogens is 262 g/mol. The first-order chi connectivity index (χ1) is 10.1. The van der Waals surface area contributed by atoms with Crippen LogP contribution < -0.4 is 10.5 Å². The monoisotopic (exact) mass is 279 g/mol. The SMILES string of the molecule is Cc1c(-c2ccc(N(C)C)cc2)[nH]c(=O)c2cccnc12. The number of pyridine rings is 2. The predicted molar refractivity (Wildman–Crippen MR) is 86.9 cm³/mol. The standard InChI is InChI=1S/C17H17N3O/c1-11-15(12-6-8-13(9-7-12)20(2)3)19-17(21)14-5-4-10-18-16(11)14/h4-10H,1-3H3,(H,19,21). The van der Waals surface area contributed by atoms with Crippen LogP contribution in [0.15, 0.2) is 47.4 Å². The van der Waals surface area contributed by atoms with Gasteiger partial charge < -0.3 is 9.88 Å². The molecule has 3 aromatic rings. The molecule has 0 bridgehead atoms. The number of aryl methyl sites for hydroxylation is 1. The second-order valence-corrected chi connectivity index (χ2v) is 5.29. The number of H-pyrrole nitrogens is 1. The van der Waals surface area contributed by atoms with Gasteiger partial charge in [0.25, 0.3) is 5.56 Å². The molecule has 0 fully saturated rings. The van der Waals surface area contributed by atoms with E-state index in [9.17, 15) is 4.79 Å². The molecule has 0 amide bonds. The summed E-state index contributed by atoms with van der Waals surface area (Å²) < 4.78 is 0. The van der Waals surface area contributed by atoms with Crippen molar-refractivity contribution in [2.75, 3.05) is 19.0 Å². The second kappa shape index (κ2) is 5.05. The molecule has 0 unspecified atom stereocenters. The fourth-order valence-corrected chi connectivity index (χ4v) is 2.50. The van der Waals surface area contributed by atoms with E-state index >= 15 is 0 Å². The van der Waals surface area contributed by atoms with E-state index in [0.29, 0.717) is 5.39 Å². The fourth-order valence-electron chi connectivity index (χ4n) is 2.50. The van der Waals surface area contributed by atoms with Crippen molar-refractivity contribution in [1.29, 1.82) is 0 Å². The molecule has 4 heteroatoms. The van der Waals surface area contributed by atoms with E-state index in [-0.39, 0.29) is 5.56 Å². The number of hydrogen-bond acceptors (Lipinski definition) is 3. The minimum Gasteiger partial charge on any atom is -0.378 e. The third-order valence-corrected chi connectivity index (χ3v) is 3.69. The van der Waals surface area contributed by atoms with E-state index < -0.39 is 0 Å². The van der Waals surface area contributed by atoms with Crippen molar-refractivity contribution < 1.29 is 0 Å². The van der Waals surface area contributed by atoms with Crippen LogP contribution in [0.4, 0.5) is 5.69 Å². The summed E-state index contributed by atoms with van der Waals surface area (Å²) in [6, 6.07) is 11.7. The maximum atomic E-state index is 12.2. The van der Waals surface area contributed by atoms with Gasteiger partial charge in [0.05, 0.1) is 16.6 Å². The Kier molecular flexibility index (Phi) is 3.22. The third-order valence-electron chi connectivity index (χ3n) is 3.69. The molecule has 0 aliphatic heterocycles. The lowest BCUT2D eigenvalue weighted by Gasteiger charge is -2.13. The Balaban J connectivity index is 2.21. The van der Waals surface area contributed by atoms with E-state index in [1.54, 1.807) is 18.3 Å². The van der Waals surface area contributed by atoms with Crippen molar-refractivity contribution in [3.8, 4) is 11.3 Å². The van der Waals surface area contributed by atoms with E-state index in [1.807, 2.05) is 50.2 Å². The van der Waals surface area contributed by atoms with Crippen LogP contribution in [-0.2, 0) is 0 Å². The van der Waals surface area contributed by atoms with E-state index in [1.165, 1.54) is 0 Å². The zero-order chi connectivity index (χ0) is 15.0. The second-order valence-electron chi connectivity index (χ2n) is 5.29. The Labute approximate surface area is 123 Å². The molecule has 2 heterocycles. The van der Waals surface area contributed by atoms with Crippen LogP contribution in [0.25, 0.3) is 22.2 Å². The van der Waals surface area contributed by atoms with Crippen molar-refractivity contribution in [2.24, 2.45) is 0 Å². The molecule has 106 valence electrons. The fraction of sp³-hybridized carbons (Fsp3) is 0.176. The van der Waals surface area contributed by atoms with Crippen LogP contribution in [0, 0.1) is 6.92 Å². The number of nitrogens with zero attached hydrogens (tertiary/aromatic N) is 2. The number of aromatic amines is 1. The van der Waals surface area contributed by atoms with Gasteiger partial charge in [-0.2, -0.15) is 0 Å². The summed E-state index contributed by atoms with van der Waals surface area (Å²) in [5.41, 5.74) is 4.59. The summed E-state index contributed by atoms with van der Waals surface area (Å²) in [5, 5.41) is 0.628. The molecule has 0 saturated heterocycles. The van der Waals surface area contributed by atoms with Crippen LogP contribution >= 0.6 is 0 Å². The quantitative estimate of drug-likeness (QED) is 0.784. The summed E-state index contributed by atoms with van der Waals surface area (Å²) in [4.78, 5) is 21.6. The minimum absolute atomic E-state index is 0.101. The van der Waals surface area contributed by atoms with Crippen LogP contribution in [0.3, 0.4) is 0 Å². The number of nitrogens with one attached hydrogen (secondary N) is 1. The van der Waals surface area contributed by atoms with Gasteiger partial charge in [-0.3, -0.25) is 9.78 Å². The Hall–Kier alpha value is -2.62. The predicted octanol–water partition coefficient (Wildman–Crippen LogP) is 2.96. The molecule has 0 aliphatic carbocycles. The van der Waals surface area contributed by atoms with Gasteiger partial charge in [-0.1, -0.05) is 12.1 Å². The van der Waals surface area contributed by atoms with Gasteiger partial charge >= 0.3 is 0 Å². The molecule has 1 aromatic carbocycles. The number of hydrogen-bond donors (Lipinski definition) is 1. The van der Waals surface area contributed by atoms with Gasteiger partial charge in [0.15, 0.2) is 0 Å². The zero-order valence-corrected chi connectivity index (χ0v) is 12.3. The number of aromatic nitrogens is 2. The lowest BCUT2D eigenvalue weighted by Crippen LogP contribution is -2.10. The molecule has 0 saturated carbocycles. The molecular formula is C17H17N3O. The highest BCUT2D eigenvalue weighted by molar-refractivity contribution is 5.86. The molecule has 0 spiro atoms. The Morgan fingerprint density at radius 2 is 1.81 bits per heavy atom. The average molecular weight is 279 g/mol. The largest absolute Gasteiger partial charge is 0.378 e. The van der Waals surface area contributed by atoms with E-state index in [2.05, 4.69) is 9.97 Å². The first-order valence-electron chi connectivity index (χ1n) is 6.83. The lowest BCUT2D eigenvalue weighted by atomic mass is 10.0. The van der Waals surface area contributed by atoms with Crippen molar-refractivity contribution in [3.63, 3.8) is 0 Å². The lowest BCUT2D eigenvalue weighted by molar-refractivity contribution is 1.13. The average Bonchev–Trinajstić information content (AvgIpc) is 2.51. The maximum absolute atomic E-state index is 12.2. The van der Waals surface area contributed by atoms with E-state index in [0.717, 1.165) is 28.0 Å². The molecule has 1 N–H and O–H groups in total. The van der Waals surface area contributed by atoms with Gasteiger partial charge in [-0.25, -0.2) is 0 Å². The maximum Gasteiger partial charge on any atom is 0.257 e. The van der Waals surface area contributed by atoms with Gasteiger partial charge in [-0.05, 0) is 42.3 Å². The summed E-state index contributed by atoms with van der Waals surface area (Å²) in [6.45, 7) is 1.99. The Morgan fingerprint density at radius 1 is 1.10 bits per heavy atom. The zero-order valence-electron chi connectivity index (χ0n) is 12.3. The topological polar surface area (TPSA) is 49.0 Å². The van der Waals surface area contributed by atoms with Crippen molar-refractivity contribution in [3.05, 3.63) is 58.5 Å². The van der Waals surface area contributed by atoms with Crippen molar-refractivity contribution >= 4 is 16.6 Å². The normalized spacial score (nSPS) is 10.8. The van der Waals surface area contributed by atoms with Crippen LogP contribution in [0.5, 0.6) is 0 Å². The van der Waals surface area contributed by atoms with Crippen LogP contribution in [0.2, 0.25) is 0 Å². The van der Waals surface area contributed by atoms with Gasteiger partial charge in [0.2, 0.25) is 0 Å². The number of rotatable bonds is 2. The van der Waals surface area contributed by atoms with Gasteiger partial charge in [0.1, 0.15) is 0 Å². The van der Waals surface area contributed by atoms with Gasteiger partial charge in [-0.15, -0.1) is 0 Å². The molecule has 0 aliphatic rings. The smallest absolute Gasteiger partial charge is 0.257 e. The number of anilines is 1. The first kappa shape index (κ1) is 13.4. The van der Waals surface area contributed by atoms with Crippen molar-refractivity contribution in [2.45, 2.75) is 6.92 Å². The minimum atomic E-state index is -0.101. The summed E-state index contributed by atoms with van der Waals surface area (Å²) in [6.07, 6.45) is 1.72. The highest BCUT2D eigenvalue weighted by Crippen LogP contribution is 2.25. The third kappa shape index (κ3) is 2.29. The highest BCUT2D eigenvalue weighted by atomic mass is 16.1. The molecule has 2 aromatic heterocycles. The Bertz CT molecular complexity index is 848. The summed E-state index contributed by atoms with van der Waals surface area (Å²) in [5.74, 6) is 0. The number of fused-ring (bicyclic) bond motifs is 1. The Morgan fingerprint density at radius 3 is 2.48 bits per heavy atom. The highest BCUT2D eigenvalue weighted by Gasteiger charge is 2.10. The summed E-state index contributed by atoms with van der Waals surface area (Å²) >= 11 is 0. The molecule has 21 heavy (non-hydrogen) atoms. The molecule has 3 rings (SSSR count). The van der Waals surface area contributed by atoms with Crippen LogP contribution in [-0.4, -0.2) is 24.1 Å². The van der Waals surface area contributed by atoms with E-state index in [4.69, 9.17) is 0 Å². The molecule has 0 radical (unpaired) electrons. The summed E-state index contributed by atoms with van der Waals surface area (Å²) in [7, 11) is 4.00. The molecule has 0 atom stereocenters.